The van der Waals surface area contributed by atoms with Crippen molar-refractivity contribution >= 4 is 18.3 Å². The van der Waals surface area contributed by atoms with Crippen LogP contribution >= 0.6 is 12.4 Å². The Morgan fingerprint density at radius 1 is 1.39 bits per heavy atom. The van der Waals surface area contributed by atoms with E-state index in [4.69, 9.17) is 0 Å². The third kappa shape index (κ3) is 3.72. The minimum Gasteiger partial charge on any atom is -0.351 e. The quantitative estimate of drug-likeness (QED) is 0.877. The minimum atomic E-state index is 0. The molecule has 0 bridgehead atoms. The fourth-order valence-corrected chi connectivity index (χ4v) is 2.29. The van der Waals surface area contributed by atoms with Crippen LogP contribution in [-0.2, 0) is 17.8 Å². The fraction of sp³-hybridized carbons (Fsp3) is 0.500. The Labute approximate surface area is 115 Å². The summed E-state index contributed by atoms with van der Waals surface area (Å²) in [4.78, 5) is 11.8. The number of carbonyl (C=O) groups is 1. The number of hydrogen-bond donors (Lipinski definition) is 2. The second kappa shape index (κ2) is 7.39. The third-order valence-electron chi connectivity index (χ3n) is 3.33. The second-order valence-electron chi connectivity index (χ2n) is 4.49. The molecule has 1 heterocycles. The standard InChI is InChI=1S/C14H20N2O.ClH/c1-2-11-6-3-4-7-12(11)10-16-14(17)13-8-5-9-15-13;/h3-4,6-7,13,15H,2,5,8-10H2,1H3,(H,16,17);1H. The highest BCUT2D eigenvalue weighted by Gasteiger charge is 2.21. The first-order chi connectivity index (χ1) is 8.31. The molecule has 1 aromatic carbocycles. The van der Waals surface area contributed by atoms with Crippen LogP contribution in [0.5, 0.6) is 0 Å². The molecule has 0 aromatic heterocycles. The zero-order valence-electron chi connectivity index (χ0n) is 10.7. The predicted molar refractivity (Wildman–Crippen MR) is 75.9 cm³/mol. The largest absolute Gasteiger partial charge is 0.351 e. The summed E-state index contributed by atoms with van der Waals surface area (Å²) in [5, 5.41) is 6.22. The van der Waals surface area contributed by atoms with Crippen LogP contribution in [0, 0.1) is 0 Å². The van der Waals surface area contributed by atoms with Crippen LogP contribution in [-0.4, -0.2) is 18.5 Å². The number of hydrogen-bond acceptors (Lipinski definition) is 2. The number of nitrogens with one attached hydrogen (secondary N) is 2. The average molecular weight is 269 g/mol. The van der Waals surface area contributed by atoms with Gasteiger partial charge in [-0.25, -0.2) is 0 Å². The van der Waals surface area contributed by atoms with Gasteiger partial charge in [0.2, 0.25) is 5.91 Å². The van der Waals surface area contributed by atoms with Gasteiger partial charge < -0.3 is 10.6 Å². The van der Waals surface area contributed by atoms with Crippen LogP contribution in [0.25, 0.3) is 0 Å². The lowest BCUT2D eigenvalue weighted by Gasteiger charge is -2.12. The fourth-order valence-electron chi connectivity index (χ4n) is 2.29. The summed E-state index contributed by atoms with van der Waals surface area (Å²) < 4.78 is 0. The Kier molecular flexibility index (Phi) is 6.16. The summed E-state index contributed by atoms with van der Waals surface area (Å²) in [5.41, 5.74) is 2.54. The number of aryl methyl sites for hydroxylation is 1. The van der Waals surface area contributed by atoms with E-state index in [0.29, 0.717) is 6.54 Å². The SMILES string of the molecule is CCc1ccccc1CNC(=O)C1CCCN1.Cl. The van der Waals surface area contributed by atoms with Gasteiger partial charge in [0.25, 0.3) is 0 Å². The molecule has 100 valence electrons. The Morgan fingerprint density at radius 3 is 2.72 bits per heavy atom. The van der Waals surface area contributed by atoms with Gasteiger partial charge in [-0.2, -0.15) is 0 Å². The molecule has 1 saturated heterocycles. The molecule has 1 unspecified atom stereocenters. The molecule has 1 amide bonds. The lowest BCUT2D eigenvalue weighted by Crippen LogP contribution is -2.40. The highest BCUT2D eigenvalue weighted by atomic mass is 35.5. The van der Waals surface area contributed by atoms with Gasteiger partial charge in [0.05, 0.1) is 6.04 Å². The molecule has 0 aliphatic carbocycles. The minimum absolute atomic E-state index is 0. The molecule has 0 saturated carbocycles. The van der Waals surface area contributed by atoms with E-state index in [0.717, 1.165) is 25.8 Å². The Morgan fingerprint density at radius 2 is 2.11 bits per heavy atom. The van der Waals surface area contributed by atoms with Gasteiger partial charge in [0, 0.05) is 6.54 Å². The first kappa shape index (κ1) is 15.0. The Balaban J connectivity index is 0.00000162. The van der Waals surface area contributed by atoms with Gasteiger partial charge in [-0.05, 0) is 36.9 Å². The summed E-state index contributed by atoms with van der Waals surface area (Å²) in [7, 11) is 0. The first-order valence-electron chi connectivity index (χ1n) is 6.39. The molecule has 2 N–H and O–H groups in total. The van der Waals surface area contributed by atoms with Crippen molar-refractivity contribution in [2.24, 2.45) is 0 Å². The molecule has 0 spiro atoms. The molecule has 4 heteroatoms. The van der Waals surface area contributed by atoms with Crippen LogP contribution in [0.3, 0.4) is 0 Å². The normalized spacial score (nSPS) is 18.2. The molecule has 1 atom stereocenters. The van der Waals surface area contributed by atoms with Gasteiger partial charge in [-0.1, -0.05) is 31.2 Å². The summed E-state index contributed by atoms with van der Waals surface area (Å²) in [6.07, 6.45) is 3.07. The number of amides is 1. The second-order valence-corrected chi connectivity index (χ2v) is 4.49. The van der Waals surface area contributed by atoms with Crippen molar-refractivity contribution in [3.8, 4) is 0 Å². The lowest BCUT2D eigenvalue weighted by atomic mass is 10.1. The van der Waals surface area contributed by atoms with E-state index in [9.17, 15) is 4.79 Å². The number of halogens is 1. The van der Waals surface area contributed by atoms with Gasteiger partial charge in [0.1, 0.15) is 0 Å². The van der Waals surface area contributed by atoms with Gasteiger partial charge in [0.15, 0.2) is 0 Å². The van der Waals surface area contributed by atoms with E-state index < -0.39 is 0 Å². The maximum absolute atomic E-state index is 11.8. The topological polar surface area (TPSA) is 41.1 Å². The molecule has 1 fully saturated rings. The zero-order valence-corrected chi connectivity index (χ0v) is 11.6. The van der Waals surface area contributed by atoms with E-state index in [2.05, 4.69) is 29.7 Å². The van der Waals surface area contributed by atoms with Crippen LogP contribution in [0.15, 0.2) is 24.3 Å². The maximum atomic E-state index is 11.8. The lowest BCUT2D eigenvalue weighted by molar-refractivity contribution is -0.122. The molecule has 3 nitrogen and oxygen atoms in total. The van der Waals surface area contributed by atoms with Crippen LogP contribution < -0.4 is 10.6 Å². The molecular formula is C14H21ClN2O. The highest BCUT2D eigenvalue weighted by Crippen LogP contribution is 2.10. The zero-order chi connectivity index (χ0) is 12.1. The van der Waals surface area contributed by atoms with E-state index in [1.54, 1.807) is 0 Å². The maximum Gasteiger partial charge on any atom is 0.237 e. The van der Waals surface area contributed by atoms with Crippen molar-refractivity contribution in [2.75, 3.05) is 6.54 Å². The summed E-state index contributed by atoms with van der Waals surface area (Å²) in [6, 6.07) is 8.29. The number of carbonyl (C=O) groups excluding carboxylic acids is 1. The highest BCUT2D eigenvalue weighted by molar-refractivity contribution is 5.85. The smallest absolute Gasteiger partial charge is 0.237 e. The Hall–Kier alpha value is -1.06. The number of rotatable bonds is 4. The predicted octanol–water partition coefficient (Wildman–Crippen LogP) is 2.04. The van der Waals surface area contributed by atoms with Crippen molar-refractivity contribution in [1.29, 1.82) is 0 Å². The van der Waals surface area contributed by atoms with E-state index in [1.807, 2.05) is 12.1 Å². The van der Waals surface area contributed by atoms with Crippen molar-refractivity contribution < 1.29 is 4.79 Å². The third-order valence-corrected chi connectivity index (χ3v) is 3.33. The van der Waals surface area contributed by atoms with Crippen LogP contribution in [0.1, 0.15) is 30.9 Å². The van der Waals surface area contributed by atoms with Gasteiger partial charge >= 0.3 is 0 Å². The monoisotopic (exact) mass is 268 g/mol. The first-order valence-corrected chi connectivity index (χ1v) is 6.39. The summed E-state index contributed by atoms with van der Waals surface area (Å²) in [5.74, 6) is 0.133. The van der Waals surface area contributed by atoms with Crippen LogP contribution in [0.2, 0.25) is 0 Å². The molecular weight excluding hydrogens is 248 g/mol. The summed E-state index contributed by atoms with van der Waals surface area (Å²) in [6.45, 7) is 3.74. The van der Waals surface area contributed by atoms with Crippen LogP contribution in [0.4, 0.5) is 0 Å². The van der Waals surface area contributed by atoms with E-state index in [1.165, 1.54) is 11.1 Å². The molecule has 1 aromatic rings. The number of benzene rings is 1. The Bertz CT molecular complexity index is 389. The average Bonchev–Trinajstić information content (AvgIpc) is 2.90. The summed E-state index contributed by atoms with van der Waals surface area (Å²) >= 11 is 0. The molecule has 0 radical (unpaired) electrons. The molecule has 1 aliphatic rings. The van der Waals surface area contributed by atoms with Crippen molar-refractivity contribution in [3.63, 3.8) is 0 Å². The van der Waals surface area contributed by atoms with Crippen molar-refractivity contribution in [2.45, 2.75) is 38.8 Å². The molecule has 2 rings (SSSR count). The van der Waals surface area contributed by atoms with Crippen molar-refractivity contribution in [3.05, 3.63) is 35.4 Å². The van der Waals surface area contributed by atoms with Gasteiger partial charge in [-0.15, -0.1) is 12.4 Å². The molecule has 1 aliphatic heterocycles. The van der Waals surface area contributed by atoms with Crippen molar-refractivity contribution in [1.82, 2.24) is 10.6 Å². The molecule has 18 heavy (non-hydrogen) atoms. The van der Waals surface area contributed by atoms with E-state index >= 15 is 0 Å². The van der Waals surface area contributed by atoms with E-state index in [-0.39, 0.29) is 24.4 Å². The van der Waals surface area contributed by atoms with Gasteiger partial charge in [-0.3, -0.25) is 4.79 Å².